The fourth-order valence-corrected chi connectivity index (χ4v) is 3.45. The summed E-state index contributed by atoms with van der Waals surface area (Å²) in [5.74, 6) is 2.25. The normalized spacial score (nSPS) is 17.6. The number of hydrogen-bond acceptors (Lipinski definition) is 5. The Balaban J connectivity index is 1.30. The lowest BCUT2D eigenvalue weighted by atomic mass is 10.1. The number of anilines is 2. The van der Waals surface area contributed by atoms with Crippen LogP contribution >= 0.6 is 0 Å². The second-order valence-electron chi connectivity index (χ2n) is 7.24. The first-order chi connectivity index (χ1) is 13.2. The van der Waals surface area contributed by atoms with Crippen molar-refractivity contribution in [3.05, 3.63) is 48.2 Å². The Kier molecular flexibility index (Phi) is 5.25. The highest BCUT2D eigenvalue weighted by Crippen LogP contribution is 2.30. The molecule has 1 N–H and O–H groups in total. The molecule has 1 aliphatic heterocycles. The zero-order chi connectivity index (χ0) is 18.6. The fraction of sp³-hybridized carbons (Fsp3) is 0.429. The maximum absolute atomic E-state index is 11.8. The summed E-state index contributed by atoms with van der Waals surface area (Å²) in [7, 11) is 1.72. The molecule has 1 aromatic carbocycles. The van der Waals surface area contributed by atoms with Gasteiger partial charge in [-0.2, -0.15) is 0 Å². The van der Waals surface area contributed by atoms with Crippen LogP contribution < -0.4 is 15.0 Å². The number of rotatable bonds is 6. The number of methoxy groups -OCH3 is 1. The van der Waals surface area contributed by atoms with Gasteiger partial charge in [-0.05, 0) is 31.0 Å². The molecule has 142 valence electrons. The molecule has 2 aliphatic rings. The van der Waals surface area contributed by atoms with Gasteiger partial charge >= 0.3 is 0 Å². The lowest BCUT2D eigenvalue weighted by Gasteiger charge is -2.35. The number of aromatic nitrogens is 1. The van der Waals surface area contributed by atoms with Crippen LogP contribution in [0.15, 0.2) is 42.6 Å². The monoisotopic (exact) mass is 366 g/mol. The van der Waals surface area contributed by atoms with Crippen LogP contribution in [0.1, 0.15) is 18.4 Å². The smallest absolute Gasteiger partial charge is 0.227 e. The number of carbonyl (C=O) groups is 1. The molecule has 0 bridgehead atoms. The van der Waals surface area contributed by atoms with Crippen molar-refractivity contribution in [3.63, 3.8) is 0 Å². The van der Waals surface area contributed by atoms with Crippen LogP contribution in [0, 0.1) is 5.92 Å². The Bertz CT molecular complexity index is 781. The first-order valence-corrected chi connectivity index (χ1v) is 9.59. The molecule has 1 saturated heterocycles. The van der Waals surface area contributed by atoms with Crippen LogP contribution in [0.5, 0.6) is 5.75 Å². The van der Waals surface area contributed by atoms with Crippen LogP contribution in [0.4, 0.5) is 11.5 Å². The van der Waals surface area contributed by atoms with Gasteiger partial charge in [0.1, 0.15) is 11.6 Å². The first-order valence-electron chi connectivity index (χ1n) is 9.59. The van der Waals surface area contributed by atoms with E-state index in [-0.39, 0.29) is 11.8 Å². The average Bonchev–Trinajstić information content (AvgIpc) is 3.55. The molecule has 1 saturated carbocycles. The van der Waals surface area contributed by atoms with E-state index in [2.05, 4.69) is 32.2 Å². The zero-order valence-corrected chi connectivity index (χ0v) is 15.7. The minimum Gasteiger partial charge on any atom is -0.496 e. The van der Waals surface area contributed by atoms with E-state index in [1.165, 1.54) is 5.56 Å². The summed E-state index contributed by atoms with van der Waals surface area (Å²) < 4.78 is 5.46. The van der Waals surface area contributed by atoms with E-state index < -0.39 is 0 Å². The Morgan fingerprint density at radius 1 is 1.15 bits per heavy atom. The van der Waals surface area contributed by atoms with Crippen LogP contribution in [-0.2, 0) is 11.3 Å². The molecule has 2 fully saturated rings. The summed E-state index contributed by atoms with van der Waals surface area (Å²) in [6.07, 6.45) is 3.78. The second-order valence-corrected chi connectivity index (χ2v) is 7.24. The summed E-state index contributed by atoms with van der Waals surface area (Å²) in [4.78, 5) is 21.1. The third kappa shape index (κ3) is 4.39. The largest absolute Gasteiger partial charge is 0.496 e. The molecule has 6 nitrogen and oxygen atoms in total. The molecule has 4 rings (SSSR count). The Hall–Kier alpha value is -2.60. The molecule has 1 amide bonds. The van der Waals surface area contributed by atoms with E-state index in [9.17, 15) is 4.79 Å². The van der Waals surface area contributed by atoms with Gasteiger partial charge in [0.05, 0.1) is 19.0 Å². The number of ether oxygens (including phenoxy) is 1. The van der Waals surface area contributed by atoms with Crippen molar-refractivity contribution in [1.82, 2.24) is 9.88 Å². The van der Waals surface area contributed by atoms with Gasteiger partial charge in [-0.25, -0.2) is 4.98 Å². The van der Waals surface area contributed by atoms with Gasteiger partial charge in [0, 0.05) is 44.2 Å². The van der Waals surface area contributed by atoms with Crippen molar-refractivity contribution in [2.45, 2.75) is 19.4 Å². The topological polar surface area (TPSA) is 57.7 Å². The maximum atomic E-state index is 11.8. The third-order valence-electron chi connectivity index (χ3n) is 5.25. The van der Waals surface area contributed by atoms with E-state index in [0.717, 1.165) is 62.8 Å². The predicted octanol–water partition coefficient (Wildman–Crippen LogP) is 2.76. The quantitative estimate of drug-likeness (QED) is 0.852. The molecule has 27 heavy (non-hydrogen) atoms. The van der Waals surface area contributed by atoms with Crippen molar-refractivity contribution in [2.75, 3.05) is 43.5 Å². The van der Waals surface area contributed by atoms with E-state index in [1.807, 2.05) is 24.3 Å². The molecule has 0 radical (unpaired) electrons. The zero-order valence-electron chi connectivity index (χ0n) is 15.7. The summed E-state index contributed by atoms with van der Waals surface area (Å²) in [5.41, 5.74) is 2.01. The Morgan fingerprint density at radius 3 is 2.59 bits per heavy atom. The van der Waals surface area contributed by atoms with Gasteiger partial charge in [0.2, 0.25) is 5.91 Å². The van der Waals surface area contributed by atoms with Crippen molar-refractivity contribution >= 4 is 17.4 Å². The van der Waals surface area contributed by atoms with E-state index in [0.29, 0.717) is 0 Å². The average molecular weight is 366 g/mol. The van der Waals surface area contributed by atoms with Gasteiger partial charge in [0.25, 0.3) is 0 Å². The van der Waals surface area contributed by atoms with Gasteiger partial charge in [-0.15, -0.1) is 0 Å². The van der Waals surface area contributed by atoms with Gasteiger partial charge in [-0.3, -0.25) is 9.69 Å². The minimum atomic E-state index is 0.120. The number of piperazine rings is 1. The predicted molar refractivity (Wildman–Crippen MR) is 106 cm³/mol. The minimum absolute atomic E-state index is 0.120. The van der Waals surface area contributed by atoms with E-state index in [4.69, 9.17) is 4.74 Å². The van der Waals surface area contributed by atoms with Gasteiger partial charge in [0.15, 0.2) is 0 Å². The Morgan fingerprint density at radius 2 is 1.93 bits per heavy atom. The van der Waals surface area contributed by atoms with Crippen molar-refractivity contribution < 1.29 is 9.53 Å². The molecule has 2 heterocycles. The van der Waals surface area contributed by atoms with Crippen molar-refractivity contribution in [3.8, 4) is 5.75 Å². The van der Waals surface area contributed by atoms with Crippen LogP contribution in [0.3, 0.4) is 0 Å². The molecule has 0 atom stereocenters. The molecule has 0 unspecified atom stereocenters. The van der Waals surface area contributed by atoms with Crippen LogP contribution in [0.25, 0.3) is 0 Å². The number of pyridine rings is 1. The highest BCUT2D eigenvalue weighted by molar-refractivity contribution is 5.93. The number of nitrogens with one attached hydrogen (secondary N) is 1. The summed E-state index contributed by atoms with van der Waals surface area (Å²) in [6.45, 7) is 4.75. The van der Waals surface area contributed by atoms with Gasteiger partial charge < -0.3 is 15.0 Å². The van der Waals surface area contributed by atoms with Crippen LogP contribution in [0.2, 0.25) is 0 Å². The number of benzene rings is 1. The number of amides is 1. The summed E-state index contributed by atoms with van der Waals surface area (Å²) in [5, 5.41) is 2.94. The maximum Gasteiger partial charge on any atom is 0.227 e. The first kappa shape index (κ1) is 17.8. The molecule has 1 aromatic heterocycles. The molecule has 0 spiro atoms. The third-order valence-corrected chi connectivity index (χ3v) is 5.25. The van der Waals surface area contributed by atoms with Crippen molar-refractivity contribution in [1.29, 1.82) is 0 Å². The lowest BCUT2D eigenvalue weighted by molar-refractivity contribution is -0.117. The van der Waals surface area contributed by atoms with Crippen molar-refractivity contribution in [2.24, 2.45) is 5.92 Å². The number of carbonyl (C=O) groups excluding carboxylic acids is 1. The fourth-order valence-electron chi connectivity index (χ4n) is 3.45. The summed E-state index contributed by atoms with van der Waals surface area (Å²) in [6, 6.07) is 12.1. The SMILES string of the molecule is COc1ccccc1CN1CCN(c2ccc(NC(=O)C3CC3)cn2)CC1. The molecule has 2 aromatic rings. The highest BCUT2D eigenvalue weighted by atomic mass is 16.5. The van der Waals surface area contributed by atoms with E-state index in [1.54, 1.807) is 13.3 Å². The van der Waals surface area contributed by atoms with E-state index >= 15 is 0 Å². The molecular weight excluding hydrogens is 340 g/mol. The second kappa shape index (κ2) is 7.96. The number of hydrogen-bond donors (Lipinski definition) is 1. The van der Waals surface area contributed by atoms with Crippen LogP contribution in [-0.4, -0.2) is 49.1 Å². The van der Waals surface area contributed by atoms with Gasteiger partial charge in [-0.1, -0.05) is 18.2 Å². The molecule has 6 heteroatoms. The molecule has 1 aliphatic carbocycles. The highest BCUT2D eigenvalue weighted by Gasteiger charge is 2.29. The molecular formula is C21H26N4O2. The summed E-state index contributed by atoms with van der Waals surface area (Å²) >= 11 is 0. The standard InChI is InChI=1S/C21H26N4O2/c1-27-19-5-3-2-4-17(19)15-24-10-12-25(13-11-24)20-9-8-18(14-22-20)23-21(26)16-6-7-16/h2-5,8-9,14,16H,6-7,10-13,15H2,1H3,(H,23,26). The number of nitrogens with zero attached hydrogens (tertiary/aromatic N) is 3. The lowest BCUT2D eigenvalue weighted by Crippen LogP contribution is -2.46. The number of para-hydroxylation sites is 1. The Labute approximate surface area is 160 Å².